The third-order valence-electron chi connectivity index (χ3n) is 5.29. The molecule has 1 aliphatic heterocycles. The molecule has 0 radical (unpaired) electrons. The molecule has 1 saturated heterocycles. The molecular weight excluding hydrogens is 386 g/mol. The van der Waals surface area contributed by atoms with Gasteiger partial charge in [0.25, 0.3) is 0 Å². The molecule has 0 bridgehead atoms. The Morgan fingerprint density at radius 1 is 1.24 bits per heavy atom. The summed E-state index contributed by atoms with van der Waals surface area (Å²) in [6.45, 7) is 4.84. The van der Waals surface area contributed by atoms with Gasteiger partial charge in [0.15, 0.2) is 0 Å². The van der Waals surface area contributed by atoms with Crippen molar-refractivity contribution in [2.75, 3.05) is 30.4 Å². The summed E-state index contributed by atoms with van der Waals surface area (Å²) < 4.78 is 0. The summed E-state index contributed by atoms with van der Waals surface area (Å²) in [5.74, 6) is 1.18. The molecule has 1 unspecified atom stereocenters. The van der Waals surface area contributed by atoms with Crippen molar-refractivity contribution in [1.82, 2.24) is 10.2 Å². The van der Waals surface area contributed by atoms with E-state index in [1.807, 2.05) is 42.3 Å². The van der Waals surface area contributed by atoms with E-state index < -0.39 is 6.04 Å². The number of thioether (sulfide) groups is 1. The van der Waals surface area contributed by atoms with E-state index >= 15 is 0 Å². The molecule has 2 N–H and O–H groups in total. The lowest BCUT2D eigenvalue weighted by molar-refractivity contribution is -0.137. The fourth-order valence-electron chi connectivity index (χ4n) is 3.68. The minimum absolute atomic E-state index is 0.0184. The maximum absolute atomic E-state index is 12.8. The van der Waals surface area contributed by atoms with Crippen LogP contribution in [0.5, 0.6) is 0 Å². The van der Waals surface area contributed by atoms with E-state index in [2.05, 4.69) is 10.6 Å². The van der Waals surface area contributed by atoms with Crippen LogP contribution in [0.2, 0.25) is 0 Å². The summed E-state index contributed by atoms with van der Waals surface area (Å²) in [5.41, 5.74) is 1.96. The van der Waals surface area contributed by atoms with E-state index in [9.17, 15) is 14.4 Å². The number of hydrogen-bond acceptors (Lipinski definition) is 4. The Morgan fingerprint density at radius 3 is 2.59 bits per heavy atom. The SMILES string of the molecule is CSCCC(NC(C)=O)C(=O)N1CCC(CCC(=O)Nc2cccc(C)c2)CC1. The highest BCUT2D eigenvalue weighted by atomic mass is 32.2. The monoisotopic (exact) mass is 419 g/mol. The zero-order valence-corrected chi connectivity index (χ0v) is 18.5. The van der Waals surface area contributed by atoms with Gasteiger partial charge in [-0.2, -0.15) is 11.8 Å². The van der Waals surface area contributed by atoms with E-state index in [-0.39, 0.29) is 17.7 Å². The molecule has 1 aromatic carbocycles. The first kappa shape index (κ1) is 23.3. The number of benzene rings is 1. The van der Waals surface area contributed by atoms with Crippen LogP contribution in [-0.2, 0) is 14.4 Å². The van der Waals surface area contributed by atoms with Crippen molar-refractivity contribution in [3.8, 4) is 0 Å². The van der Waals surface area contributed by atoms with Gasteiger partial charge >= 0.3 is 0 Å². The van der Waals surface area contributed by atoms with E-state index in [1.165, 1.54) is 6.92 Å². The lowest BCUT2D eigenvalue weighted by Gasteiger charge is -2.34. The van der Waals surface area contributed by atoms with E-state index in [4.69, 9.17) is 0 Å². The lowest BCUT2D eigenvalue weighted by Crippen LogP contribution is -2.50. The minimum atomic E-state index is -0.434. The molecule has 3 amide bonds. The summed E-state index contributed by atoms with van der Waals surface area (Å²) in [6.07, 6.45) is 5.78. The summed E-state index contributed by atoms with van der Waals surface area (Å²) in [6, 6.07) is 7.37. The first-order valence-electron chi connectivity index (χ1n) is 10.3. The van der Waals surface area contributed by atoms with Gasteiger partial charge in [-0.15, -0.1) is 0 Å². The van der Waals surface area contributed by atoms with Gasteiger partial charge < -0.3 is 15.5 Å². The largest absolute Gasteiger partial charge is 0.345 e. The number of carbonyl (C=O) groups excluding carboxylic acids is 3. The maximum Gasteiger partial charge on any atom is 0.245 e. The Bertz CT molecular complexity index is 702. The van der Waals surface area contributed by atoms with Crippen LogP contribution in [0.1, 0.15) is 44.6 Å². The molecule has 1 aliphatic rings. The van der Waals surface area contributed by atoms with E-state index in [0.29, 0.717) is 31.8 Å². The highest BCUT2D eigenvalue weighted by Gasteiger charge is 2.28. The minimum Gasteiger partial charge on any atom is -0.345 e. The number of anilines is 1. The van der Waals surface area contributed by atoms with Crippen molar-refractivity contribution in [2.45, 2.75) is 52.0 Å². The zero-order valence-electron chi connectivity index (χ0n) is 17.7. The predicted molar refractivity (Wildman–Crippen MR) is 119 cm³/mol. The fraction of sp³-hybridized carbons (Fsp3) is 0.591. The molecule has 1 atom stereocenters. The Hall–Kier alpha value is -2.02. The average molecular weight is 420 g/mol. The molecule has 0 aromatic heterocycles. The number of nitrogens with one attached hydrogen (secondary N) is 2. The Labute approximate surface area is 178 Å². The third-order valence-corrected chi connectivity index (χ3v) is 5.94. The van der Waals surface area contributed by atoms with Gasteiger partial charge in [-0.3, -0.25) is 14.4 Å². The average Bonchev–Trinajstić information content (AvgIpc) is 2.69. The molecule has 29 heavy (non-hydrogen) atoms. The summed E-state index contributed by atoms with van der Waals surface area (Å²) in [7, 11) is 0. The normalized spacial score (nSPS) is 15.6. The summed E-state index contributed by atoms with van der Waals surface area (Å²) in [5, 5.41) is 5.75. The van der Waals surface area contributed by atoms with E-state index in [0.717, 1.165) is 36.3 Å². The molecule has 1 heterocycles. The number of piperidine rings is 1. The first-order valence-corrected chi connectivity index (χ1v) is 11.7. The van der Waals surface area contributed by atoms with Crippen molar-refractivity contribution in [3.05, 3.63) is 29.8 Å². The second-order valence-electron chi connectivity index (χ2n) is 7.76. The predicted octanol–water partition coefficient (Wildman–Crippen LogP) is 3.21. The van der Waals surface area contributed by atoms with Gasteiger partial charge in [0.05, 0.1) is 0 Å². The van der Waals surface area contributed by atoms with E-state index in [1.54, 1.807) is 11.8 Å². The van der Waals surface area contributed by atoms with Crippen LogP contribution in [0.3, 0.4) is 0 Å². The Balaban J connectivity index is 1.75. The number of nitrogens with zero attached hydrogens (tertiary/aromatic N) is 1. The topological polar surface area (TPSA) is 78.5 Å². The van der Waals surface area contributed by atoms with Crippen LogP contribution in [0.4, 0.5) is 5.69 Å². The van der Waals surface area contributed by atoms with Crippen LogP contribution < -0.4 is 10.6 Å². The Kier molecular flexibility index (Phi) is 9.51. The number of amides is 3. The van der Waals surface area contributed by atoms with Crippen molar-refractivity contribution < 1.29 is 14.4 Å². The molecule has 6 nitrogen and oxygen atoms in total. The second-order valence-corrected chi connectivity index (χ2v) is 8.75. The fourth-order valence-corrected chi connectivity index (χ4v) is 4.15. The van der Waals surface area contributed by atoms with Crippen LogP contribution in [0.25, 0.3) is 0 Å². The van der Waals surface area contributed by atoms with Gasteiger partial charge in [-0.1, -0.05) is 12.1 Å². The first-order chi connectivity index (χ1) is 13.9. The summed E-state index contributed by atoms with van der Waals surface area (Å²) in [4.78, 5) is 38.3. The molecule has 1 fully saturated rings. The van der Waals surface area contributed by atoms with Crippen LogP contribution in [0.15, 0.2) is 24.3 Å². The molecule has 1 aromatic rings. The molecule has 0 aliphatic carbocycles. The second kappa shape index (κ2) is 11.9. The van der Waals surface area contributed by atoms with Crippen LogP contribution in [-0.4, -0.2) is 53.8 Å². The van der Waals surface area contributed by atoms with Crippen LogP contribution in [0, 0.1) is 12.8 Å². The van der Waals surface area contributed by atoms with Crippen molar-refractivity contribution in [1.29, 1.82) is 0 Å². The van der Waals surface area contributed by atoms with Gasteiger partial charge in [0.1, 0.15) is 6.04 Å². The molecule has 0 spiro atoms. The highest BCUT2D eigenvalue weighted by Crippen LogP contribution is 2.23. The zero-order chi connectivity index (χ0) is 21.2. The number of rotatable bonds is 9. The standard InChI is InChI=1S/C22H33N3O3S/c1-16-5-4-6-19(15-16)24-21(27)8-7-18-9-12-25(13-10-18)22(28)20(11-14-29-3)23-17(2)26/h4-6,15,18,20H,7-14H2,1-3H3,(H,23,26)(H,24,27). The van der Waals surface area contributed by atoms with Gasteiger partial charge in [-0.05, 0) is 68.2 Å². The van der Waals surface area contributed by atoms with Gasteiger partial charge in [0, 0.05) is 32.1 Å². The summed E-state index contributed by atoms with van der Waals surface area (Å²) >= 11 is 1.67. The van der Waals surface area contributed by atoms with Crippen molar-refractivity contribution in [2.24, 2.45) is 5.92 Å². The molecular formula is C22H33N3O3S. The highest BCUT2D eigenvalue weighted by molar-refractivity contribution is 7.98. The smallest absolute Gasteiger partial charge is 0.245 e. The van der Waals surface area contributed by atoms with Crippen molar-refractivity contribution in [3.63, 3.8) is 0 Å². The molecule has 0 saturated carbocycles. The molecule has 7 heteroatoms. The molecule has 2 rings (SSSR count). The van der Waals surface area contributed by atoms with Gasteiger partial charge in [0.2, 0.25) is 17.7 Å². The lowest BCUT2D eigenvalue weighted by atomic mass is 9.91. The quantitative estimate of drug-likeness (QED) is 0.644. The maximum atomic E-state index is 12.8. The van der Waals surface area contributed by atoms with Crippen molar-refractivity contribution >= 4 is 35.2 Å². The van der Waals surface area contributed by atoms with Crippen LogP contribution >= 0.6 is 11.8 Å². The third kappa shape index (κ3) is 8.09. The van der Waals surface area contributed by atoms with Gasteiger partial charge in [-0.25, -0.2) is 0 Å². The number of carbonyl (C=O) groups is 3. The number of likely N-dealkylation sites (tertiary alicyclic amines) is 1. The Morgan fingerprint density at radius 2 is 1.97 bits per heavy atom. The molecule has 160 valence electrons. The number of aryl methyl sites for hydroxylation is 1. The number of hydrogen-bond donors (Lipinski definition) is 2.